The fourth-order valence-corrected chi connectivity index (χ4v) is 7.08. The molecule has 0 spiro atoms. The van der Waals surface area contributed by atoms with E-state index in [1.807, 2.05) is 13.8 Å². The minimum atomic E-state index is -5.38. The first-order valence-corrected chi connectivity index (χ1v) is 15.9. The number of aromatic nitrogens is 3. The zero-order valence-electron chi connectivity index (χ0n) is 27.0. The minimum absolute atomic E-state index is 0.0699. The molecule has 1 unspecified atom stereocenters. The first-order chi connectivity index (χ1) is 23.1. The zero-order valence-corrected chi connectivity index (χ0v) is 27.0. The summed E-state index contributed by atoms with van der Waals surface area (Å²) < 4.78 is 136. The number of aryl methyl sites for hydroxylation is 1. The van der Waals surface area contributed by atoms with Crippen LogP contribution in [-0.4, -0.2) is 70.8 Å². The molecular formula is C32H36F9N7O. The van der Waals surface area contributed by atoms with E-state index >= 15 is 4.39 Å². The van der Waals surface area contributed by atoms with Crippen molar-refractivity contribution in [1.29, 1.82) is 0 Å². The summed E-state index contributed by atoms with van der Waals surface area (Å²) in [6, 6.07) is -0.0629. The third-order valence-electron chi connectivity index (χ3n) is 9.07. The summed E-state index contributed by atoms with van der Waals surface area (Å²) in [7, 11) is 0. The topological polar surface area (TPSA) is 92.4 Å². The Kier molecular flexibility index (Phi) is 10.3. The Morgan fingerprint density at radius 3 is 2.31 bits per heavy atom. The second-order valence-electron chi connectivity index (χ2n) is 12.1. The van der Waals surface area contributed by atoms with E-state index in [4.69, 9.17) is 10.5 Å². The molecule has 268 valence electrons. The number of nitrogen functional groups attached to an aromatic ring is 1. The lowest BCUT2D eigenvalue weighted by atomic mass is 9.94. The number of nitrogens with zero attached hydrogens (tertiary/aromatic N) is 5. The Morgan fingerprint density at radius 2 is 1.69 bits per heavy atom. The molecule has 3 aromatic rings. The number of hydrogen-bond acceptors (Lipinski definition) is 8. The van der Waals surface area contributed by atoms with Gasteiger partial charge in [0.25, 0.3) is 6.08 Å². The minimum Gasteiger partial charge on any atom is -0.461 e. The van der Waals surface area contributed by atoms with Gasteiger partial charge in [0, 0.05) is 31.1 Å². The quantitative estimate of drug-likeness (QED) is 0.258. The molecule has 0 radical (unpaired) electrons. The van der Waals surface area contributed by atoms with E-state index in [0.717, 1.165) is 51.8 Å². The van der Waals surface area contributed by atoms with Crippen molar-refractivity contribution in [2.45, 2.75) is 70.4 Å². The van der Waals surface area contributed by atoms with Gasteiger partial charge in [-0.05, 0) is 69.5 Å². The van der Waals surface area contributed by atoms with Crippen LogP contribution < -0.4 is 20.7 Å². The third-order valence-corrected chi connectivity index (χ3v) is 9.07. The lowest BCUT2D eigenvalue weighted by Crippen LogP contribution is -2.50. The summed E-state index contributed by atoms with van der Waals surface area (Å²) in [6.45, 7) is 6.75. The Hall–Kier alpha value is -3.86. The number of piperazine rings is 1. The molecule has 1 atom stereocenters. The lowest BCUT2D eigenvalue weighted by molar-refractivity contribution is -0.139. The molecule has 3 aliphatic heterocycles. The Bertz CT molecular complexity index is 1710. The smallest absolute Gasteiger partial charge is 0.418 e. The summed E-state index contributed by atoms with van der Waals surface area (Å²) >= 11 is 0. The molecule has 3 N–H and O–H groups in total. The van der Waals surface area contributed by atoms with Crippen molar-refractivity contribution in [2.75, 3.05) is 50.0 Å². The summed E-state index contributed by atoms with van der Waals surface area (Å²) in [5.74, 6) is -2.54. The van der Waals surface area contributed by atoms with Crippen LogP contribution in [0.25, 0.3) is 22.2 Å². The van der Waals surface area contributed by atoms with Crippen LogP contribution in [0.3, 0.4) is 0 Å². The second kappa shape index (κ2) is 13.8. The molecule has 8 nitrogen and oxygen atoms in total. The number of nitrogens with one attached hydrogen (secondary N) is 1. The van der Waals surface area contributed by atoms with Gasteiger partial charge in [-0.25, -0.2) is 9.37 Å². The molecule has 0 bridgehead atoms. The molecule has 49 heavy (non-hydrogen) atoms. The van der Waals surface area contributed by atoms with Gasteiger partial charge >= 0.3 is 18.4 Å². The summed E-state index contributed by atoms with van der Waals surface area (Å²) in [4.78, 5) is 15.7. The standard InChI is InChI=1S/C30H30F9N7O.C2H6/c1-15-10-20(40)42-25(22(15)30(37,38)39)21-18(29(34,35)36)12-17-24(23(21)33)43-27(47-14-28-4-2-7-46(28)8-3-5-28)44-26(17)45-9-6-41-16(13-45)11-19(31)32;1-2/h10-12,16,41H,2-9,13-14H2,1H3,(H2,40,42);1-2H3. The van der Waals surface area contributed by atoms with Gasteiger partial charge in [-0.2, -0.15) is 45.1 Å². The average Bonchev–Trinajstić information content (AvgIpc) is 3.60. The van der Waals surface area contributed by atoms with Gasteiger partial charge < -0.3 is 20.7 Å². The Morgan fingerprint density at radius 1 is 1.02 bits per heavy atom. The predicted molar refractivity (Wildman–Crippen MR) is 166 cm³/mol. The normalized spacial score (nSPS) is 19.4. The molecule has 1 aromatic carbocycles. The number of halogens is 9. The Balaban J connectivity index is 0.00000230. The first-order valence-electron chi connectivity index (χ1n) is 15.9. The first kappa shape index (κ1) is 36.4. The van der Waals surface area contributed by atoms with Crippen molar-refractivity contribution in [3.05, 3.63) is 46.8 Å². The number of rotatable bonds is 6. The Labute approximate surface area is 276 Å². The number of fused-ring (bicyclic) bond motifs is 2. The van der Waals surface area contributed by atoms with Gasteiger partial charge in [-0.15, -0.1) is 0 Å². The van der Waals surface area contributed by atoms with Crippen molar-refractivity contribution in [3.63, 3.8) is 0 Å². The molecule has 0 saturated carbocycles. The lowest BCUT2D eigenvalue weighted by Gasteiger charge is -2.34. The number of hydrogen-bond donors (Lipinski definition) is 2. The van der Waals surface area contributed by atoms with E-state index in [0.29, 0.717) is 12.1 Å². The maximum Gasteiger partial charge on any atom is 0.418 e. The predicted octanol–water partition coefficient (Wildman–Crippen LogP) is 7.35. The molecule has 5 heterocycles. The number of anilines is 2. The SMILES string of the molecule is CC.Cc1cc(N)nc(-c2c(C(F)(F)F)cc3c(N4CCNC(C=C(F)F)C4)nc(OCC45CCCN4CCC5)nc3c2F)c1C(F)(F)F. The van der Waals surface area contributed by atoms with Gasteiger partial charge in [0.15, 0.2) is 5.82 Å². The number of benzene rings is 1. The van der Waals surface area contributed by atoms with Crippen LogP contribution in [-0.2, 0) is 12.4 Å². The van der Waals surface area contributed by atoms with E-state index in [1.54, 1.807) is 0 Å². The van der Waals surface area contributed by atoms with E-state index in [1.165, 1.54) is 4.90 Å². The van der Waals surface area contributed by atoms with Crippen LogP contribution in [0, 0.1) is 12.7 Å². The summed E-state index contributed by atoms with van der Waals surface area (Å²) in [5, 5.41) is 2.36. The van der Waals surface area contributed by atoms with Crippen LogP contribution in [0.5, 0.6) is 6.01 Å². The van der Waals surface area contributed by atoms with Crippen molar-refractivity contribution in [3.8, 4) is 17.3 Å². The zero-order chi connectivity index (χ0) is 35.9. The molecular weight excluding hydrogens is 669 g/mol. The van der Waals surface area contributed by atoms with Crippen molar-refractivity contribution < 1.29 is 44.3 Å². The highest BCUT2D eigenvalue weighted by Gasteiger charge is 2.46. The monoisotopic (exact) mass is 705 g/mol. The van der Waals surface area contributed by atoms with E-state index in [2.05, 4.69) is 25.2 Å². The van der Waals surface area contributed by atoms with Gasteiger partial charge in [-0.3, -0.25) is 4.90 Å². The van der Waals surface area contributed by atoms with Gasteiger partial charge in [-0.1, -0.05) is 13.8 Å². The summed E-state index contributed by atoms with van der Waals surface area (Å²) in [5.41, 5.74) is -2.17. The highest BCUT2D eigenvalue weighted by atomic mass is 19.4. The van der Waals surface area contributed by atoms with E-state index < -0.39 is 81.0 Å². The second-order valence-corrected chi connectivity index (χ2v) is 12.1. The third kappa shape index (κ3) is 7.23. The number of ether oxygens (including phenoxy) is 1. The van der Waals surface area contributed by atoms with Crippen molar-refractivity contribution >= 4 is 22.5 Å². The molecule has 0 aliphatic carbocycles. The maximum absolute atomic E-state index is 16.7. The number of alkyl halides is 6. The highest BCUT2D eigenvalue weighted by Crippen LogP contribution is 2.47. The van der Waals surface area contributed by atoms with Crippen molar-refractivity contribution in [2.24, 2.45) is 0 Å². The van der Waals surface area contributed by atoms with Gasteiger partial charge in [0.05, 0.1) is 27.9 Å². The molecule has 3 aliphatic rings. The van der Waals surface area contributed by atoms with Crippen LogP contribution in [0.1, 0.15) is 56.2 Å². The largest absolute Gasteiger partial charge is 0.461 e. The van der Waals surface area contributed by atoms with Crippen LogP contribution in [0.4, 0.5) is 51.1 Å². The molecule has 6 rings (SSSR count). The summed E-state index contributed by atoms with van der Waals surface area (Å²) in [6.07, 6.45) is -8.51. The molecule has 3 fully saturated rings. The molecule has 2 aromatic heterocycles. The van der Waals surface area contributed by atoms with E-state index in [9.17, 15) is 35.1 Å². The fourth-order valence-electron chi connectivity index (χ4n) is 7.08. The average molecular weight is 706 g/mol. The molecule has 3 saturated heterocycles. The van der Waals surface area contributed by atoms with Crippen LogP contribution in [0.15, 0.2) is 24.3 Å². The van der Waals surface area contributed by atoms with Gasteiger partial charge in [0.2, 0.25) is 0 Å². The molecule has 0 amide bonds. The molecule has 17 heteroatoms. The van der Waals surface area contributed by atoms with Crippen LogP contribution >= 0.6 is 0 Å². The number of nitrogens with two attached hydrogens (primary N) is 1. The van der Waals surface area contributed by atoms with Crippen molar-refractivity contribution in [1.82, 2.24) is 25.2 Å². The fraction of sp³-hybridized carbons (Fsp3) is 0.531. The maximum atomic E-state index is 16.7. The highest BCUT2D eigenvalue weighted by molar-refractivity contribution is 5.95. The van der Waals surface area contributed by atoms with Gasteiger partial charge in [0.1, 0.15) is 23.8 Å². The van der Waals surface area contributed by atoms with E-state index in [-0.39, 0.29) is 37.6 Å². The van der Waals surface area contributed by atoms with Crippen LogP contribution in [0.2, 0.25) is 0 Å². The number of pyridine rings is 1.